The molecule has 0 radical (unpaired) electrons. The molecule has 2 aromatic rings. The molecule has 2 rings (SSSR count). The summed E-state index contributed by atoms with van der Waals surface area (Å²) < 4.78 is 5.11. The fourth-order valence-electron chi connectivity index (χ4n) is 2.20. The highest BCUT2D eigenvalue weighted by Crippen LogP contribution is 2.19. The molecule has 0 heterocycles. The summed E-state index contributed by atoms with van der Waals surface area (Å²) in [5.74, 6) is 0.502. The fourth-order valence-corrected chi connectivity index (χ4v) is 2.20. The number of carbonyl (C=O) groups excluding carboxylic acids is 2. The second kappa shape index (κ2) is 7.98. The smallest absolute Gasteiger partial charge is 0.251 e. The lowest BCUT2D eigenvalue weighted by atomic mass is 10.2. The van der Waals surface area contributed by atoms with Gasteiger partial charge in [-0.25, -0.2) is 0 Å². The predicted molar refractivity (Wildman–Crippen MR) is 89.8 cm³/mol. The van der Waals surface area contributed by atoms with Crippen molar-refractivity contribution in [2.75, 3.05) is 25.1 Å². The maximum absolute atomic E-state index is 12.0. The van der Waals surface area contributed by atoms with Gasteiger partial charge in [-0.3, -0.25) is 9.59 Å². The molecule has 0 saturated carbocycles. The lowest BCUT2D eigenvalue weighted by molar-refractivity contribution is -0.116. The Bertz CT molecular complexity index is 654. The molecule has 1 N–H and O–H groups in total. The summed E-state index contributed by atoms with van der Waals surface area (Å²) in [6.45, 7) is 2.28. The zero-order valence-corrected chi connectivity index (χ0v) is 13.3. The third kappa shape index (κ3) is 4.57. The molecule has 0 atom stereocenters. The Labute approximate surface area is 135 Å². The molecule has 5 heteroatoms. The molecule has 2 amide bonds. The first-order valence-corrected chi connectivity index (χ1v) is 7.37. The summed E-state index contributed by atoms with van der Waals surface area (Å²) in [4.78, 5) is 25.4. The van der Waals surface area contributed by atoms with Crippen molar-refractivity contribution in [1.82, 2.24) is 5.32 Å². The number of amides is 2. The van der Waals surface area contributed by atoms with Gasteiger partial charge in [0.25, 0.3) is 5.91 Å². The first-order valence-electron chi connectivity index (χ1n) is 7.37. The quantitative estimate of drug-likeness (QED) is 0.891. The van der Waals surface area contributed by atoms with Gasteiger partial charge in [-0.05, 0) is 36.4 Å². The van der Waals surface area contributed by atoms with E-state index in [1.165, 1.54) is 6.92 Å². The largest absolute Gasteiger partial charge is 0.497 e. The van der Waals surface area contributed by atoms with Gasteiger partial charge < -0.3 is 15.0 Å². The molecule has 0 fully saturated rings. The number of nitrogens with zero attached hydrogens (tertiary/aromatic N) is 1. The van der Waals surface area contributed by atoms with E-state index in [0.29, 0.717) is 18.7 Å². The van der Waals surface area contributed by atoms with Gasteiger partial charge in [0.15, 0.2) is 0 Å². The molecule has 0 unspecified atom stereocenters. The van der Waals surface area contributed by atoms with E-state index in [4.69, 9.17) is 4.74 Å². The average molecular weight is 312 g/mol. The summed E-state index contributed by atoms with van der Waals surface area (Å²) in [5.41, 5.74) is 1.37. The van der Waals surface area contributed by atoms with Crippen LogP contribution in [-0.4, -0.2) is 32.0 Å². The van der Waals surface area contributed by atoms with Crippen LogP contribution in [0.4, 0.5) is 5.69 Å². The number of ether oxygens (including phenoxy) is 1. The van der Waals surface area contributed by atoms with Gasteiger partial charge in [-0.1, -0.05) is 18.2 Å². The Hall–Kier alpha value is -2.82. The highest BCUT2D eigenvalue weighted by molar-refractivity contribution is 5.94. The average Bonchev–Trinajstić information content (AvgIpc) is 2.59. The van der Waals surface area contributed by atoms with Crippen LogP contribution in [0.25, 0.3) is 0 Å². The van der Waals surface area contributed by atoms with E-state index in [-0.39, 0.29) is 11.8 Å². The first-order chi connectivity index (χ1) is 11.1. The van der Waals surface area contributed by atoms with E-state index in [1.54, 1.807) is 36.3 Å². The summed E-state index contributed by atoms with van der Waals surface area (Å²) in [6.07, 6.45) is 0. The maximum Gasteiger partial charge on any atom is 0.251 e. The topological polar surface area (TPSA) is 58.6 Å². The van der Waals surface area contributed by atoms with Crippen molar-refractivity contribution in [3.63, 3.8) is 0 Å². The van der Waals surface area contributed by atoms with Crippen LogP contribution in [0.5, 0.6) is 5.75 Å². The number of anilines is 1. The van der Waals surface area contributed by atoms with Crippen LogP contribution in [0.3, 0.4) is 0 Å². The van der Waals surface area contributed by atoms with E-state index in [2.05, 4.69) is 5.32 Å². The van der Waals surface area contributed by atoms with Gasteiger partial charge in [-0.2, -0.15) is 0 Å². The molecule has 0 aliphatic heterocycles. The Balaban J connectivity index is 1.95. The number of benzene rings is 2. The van der Waals surface area contributed by atoms with E-state index in [9.17, 15) is 9.59 Å². The lowest BCUT2D eigenvalue weighted by Gasteiger charge is -2.21. The summed E-state index contributed by atoms with van der Waals surface area (Å²) >= 11 is 0. The molecule has 0 aliphatic rings. The molecule has 0 aromatic heterocycles. The van der Waals surface area contributed by atoms with Crippen molar-refractivity contribution in [2.24, 2.45) is 0 Å². The van der Waals surface area contributed by atoms with Crippen LogP contribution < -0.4 is 15.0 Å². The molecular formula is C18H20N2O3. The van der Waals surface area contributed by atoms with Crippen LogP contribution >= 0.6 is 0 Å². The number of carbonyl (C=O) groups is 2. The normalized spacial score (nSPS) is 10.0. The van der Waals surface area contributed by atoms with E-state index < -0.39 is 0 Å². The Morgan fingerprint density at radius 3 is 2.26 bits per heavy atom. The number of nitrogens with one attached hydrogen (secondary N) is 1. The monoisotopic (exact) mass is 312 g/mol. The van der Waals surface area contributed by atoms with Crippen molar-refractivity contribution >= 4 is 17.5 Å². The second-order valence-corrected chi connectivity index (χ2v) is 4.99. The van der Waals surface area contributed by atoms with Crippen LogP contribution in [0, 0.1) is 0 Å². The van der Waals surface area contributed by atoms with Gasteiger partial charge in [-0.15, -0.1) is 0 Å². The molecule has 120 valence electrons. The van der Waals surface area contributed by atoms with E-state index in [1.807, 2.05) is 30.3 Å². The number of hydrogen-bond acceptors (Lipinski definition) is 3. The van der Waals surface area contributed by atoms with Gasteiger partial charge in [0.1, 0.15) is 5.75 Å². The minimum Gasteiger partial charge on any atom is -0.497 e. The molecular weight excluding hydrogens is 292 g/mol. The fraction of sp³-hybridized carbons (Fsp3) is 0.222. The highest BCUT2D eigenvalue weighted by atomic mass is 16.5. The van der Waals surface area contributed by atoms with Crippen molar-refractivity contribution in [3.8, 4) is 5.75 Å². The number of methoxy groups -OCH3 is 1. The zero-order valence-electron chi connectivity index (χ0n) is 13.3. The summed E-state index contributed by atoms with van der Waals surface area (Å²) in [7, 11) is 1.59. The van der Waals surface area contributed by atoms with Crippen molar-refractivity contribution < 1.29 is 14.3 Å². The van der Waals surface area contributed by atoms with Crippen molar-refractivity contribution in [1.29, 1.82) is 0 Å². The van der Waals surface area contributed by atoms with Crippen LogP contribution in [0.1, 0.15) is 17.3 Å². The van der Waals surface area contributed by atoms with Gasteiger partial charge in [0, 0.05) is 31.3 Å². The summed E-state index contributed by atoms with van der Waals surface area (Å²) in [6, 6.07) is 16.2. The highest BCUT2D eigenvalue weighted by Gasteiger charge is 2.12. The third-order valence-corrected chi connectivity index (χ3v) is 3.42. The molecule has 2 aromatic carbocycles. The number of hydrogen-bond donors (Lipinski definition) is 1. The SMILES string of the molecule is COc1ccc(N(CCNC(=O)c2ccccc2)C(C)=O)cc1. The number of rotatable bonds is 6. The first kappa shape index (κ1) is 16.5. The molecule has 23 heavy (non-hydrogen) atoms. The Kier molecular flexibility index (Phi) is 5.74. The van der Waals surface area contributed by atoms with Gasteiger partial charge in [0.2, 0.25) is 5.91 Å². The maximum atomic E-state index is 12.0. The molecule has 5 nitrogen and oxygen atoms in total. The van der Waals surface area contributed by atoms with Crippen LogP contribution in [0.2, 0.25) is 0 Å². The minimum absolute atomic E-state index is 0.0795. The zero-order chi connectivity index (χ0) is 16.7. The molecule has 0 saturated heterocycles. The third-order valence-electron chi connectivity index (χ3n) is 3.42. The van der Waals surface area contributed by atoms with Gasteiger partial charge >= 0.3 is 0 Å². The molecule has 0 spiro atoms. The predicted octanol–water partition coefficient (Wildman–Crippen LogP) is 2.48. The second-order valence-electron chi connectivity index (χ2n) is 4.99. The van der Waals surface area contributed by atoms with E-state index in [0.717, 1.165) is 11.4 Å². The van der Waals surface area contributed by atoms with Crippen molar-refractivity contribution in [2.45, 2.75) is 6.92 Å². The lowest BCUT2D eigenvalue weighted by Crippen LogP contribution is -2.37. The molecule has 0 aliphatic carbocycles. The van der Waals surface area contributed by atoms with E-state index >= 15 is 0 Å². The van der Waals surface area contributed by atoms with Gasteiger partial charge in [0.05, 0.1) is 7.11 Å². The van der Waals surface area contributed by atoms with Crippen LogP contribution in [-0.2, 0) is 4.79 Å². The molecule has 0 bridgehead atoms. The summed E-state index contributed by atoms with van der Waals surface area (Å²) in [5, 5.41) is 2.82. The van der Waals surface area contributed by atoms with Crippen LogP contribution in [0.15, 0.2) is 54.6 Å². The van der Waals surface area contributed by atoms with Crippen molar-refractivity contribution in [3.05, 3.63) is 60.2 Å². The Morgan fingerprint density at radius 1 is 1.04 bits per heavy atom. The Morgan fingerprint density at radius 2 is 1.70 bits per heavy atom. The standard InChI is InChI=1S/C18H20N2O3/c1-14(21)20(16-8-10-17(23-2)11-9-16)13-12-19-18(22)15-6-4-3-5-7-15/h3-11H,12-13H2,1-2H3,(H,19,22). The minimum atomic E-state index is -0.149.